The maximum Gasteiger partial charge on any atom is 0.194 e. The molecule has 0 atom stereocenters. The molecule has 2 aromatic heterocycles. The molecule has 1 fully saturated rings. The van der Waals surface area contributed by atoms with Crippen molar-refractivity contribution in [3.8, 4) is 0 Å². The fraction of sp³-hybridized carbons (Fsp3) is 0.571. The van der Waals surface area contributed by atoms with Gasteiger partial charge in [-0.1, -0.05) is 6.92 Å². The van der Waals surface area contributed by atoms with Crippen molar-refractivity contribution in [3.63, 3.8) is 0 Å². The molecule has 0 aliphatic carbocycles. The van der Waals surface area contributed by atoms with Crippen molar-refractivity contribution in [3.05, 3.63) is 23.5 Å². The van der Waals surface area contributed by atoms with Gasteiger partial charge in [-0.25, -0.2) is 9.98 Å². The van der Waals surface area contributed by atoms with E-state index in [0.29, 0.717) is 6.54 Å². The van der Waals surface area contributed by atoms with Gasteiger partial charge in [0.2, 0.25) is 0 Å². The zero-order valence-corrected chi connectivity index (χ0v) is 15.4. The summed E-state index contributed by atoms with van der Waals surface area (Å²) in [6.45, 7) is 6.05. The van der Waals surface area contributed by atoms with E-state index in [2.05, 4.69) is 32.7 Å². The zero-order chi connectivity index (χ0) is 13.8. The van der Waals surface area contributed by atoms with Crippen molar-refractivity contribution >= 4 is 46.2 Å². The van der Waals surface area contributed by atoms with Crippen molar-refractivity contribution in [2.24, 2.45) is 4.99 Å². The molecule has 0 aromatic carbocycles. The van der Waals surface area contributed by atoms with Crippen LogP contribution in [0.3, 0.4) is 0 Å². The van der Waals surface area contributed by atoms with Crippen LogP contribution in [0.2, 0.25) is 0 Å². The number of nitrogens with one attached hydrogen (secondary N) is 1. The van der Waals surface area contributed by atoms with E-state index in [1.165, 1.54) is 12.8 Å². The summed E-state index contributed by atoms with van der Waals surface area (Å²) in [6, 6.07) is 0. The summed E-state index contributed by atoms with van der Waals surface area (Å²) in [5, 5.41) is 5.50. The molecule has 0 amide bonds. The molecule has 0 bridgehead atoms. The highest BCUT2D eigenvalue weighted by atomic mass is 127. The number of fused-ring (bicyclic) bond motifs is 1. The minimum atomic E-state index is 0. The van der Waals surface area contributed by atoms with E-state index < -0.39 is 0 Å². The van der Waals surface area contributed by atoms with Crippen LogP contribution >= 0.6 is 35.3 Å². The van der Waals surface area contributed by atoms with Gasteiger partial charge in [0.1, 0.15) is 0 Å². The Balaban J connectivity index is 0.00000161. The number of thiazole rings is 1. The molecule has 1 saturated heterocycles. The molecular weight excluding hydrogens is 397 g/mol. The van der Waals surface area contributed by atoms with Gasteiger partial charge in [-0.2, -0.15) is 0 Å². The van der Waals surface area contributed by atoms with E-state index in [1.807, 2.05) is 11.6 Å². The summed E-state index contributed by atoms with van der Waals surface area (Å²) in [6.07, 6.45) is 7.76. The topological polar surface area (TPSA) is 44.9 Å². The standard InChI is InChI=1S/C14H21N5S.HI/c1-2-5-15-13(18-6-3-4-7-18)16-10-12-11-19-8-9-20-14(19)17-12;/h8-9,11H,2-7,10H2,1H3,(H,15,16);1H. The van der Waals surface area contributed by atoms with Gasteiger partial charge in [0.05, 0.1) is 12.2 Å². The molecule has 1 N–H and O–H groups in total. The van der Waals surface area contributed by atoms with E-state index in [4.69, 9.17) is 4.99 Å². The summed E-state index contributed by atoms with van der Waals surface area (Å²) in [4.78, 5) is 12.7. The molecule has 5 nitrogen and oxygen atoms in total. The van der Waals surface area contributed by atoms with Gasteiger partial charge in [0, 0.05) is 37.4 Å². The molecule has 0 unspecified atom stereocenters. The molecule has 0 saturated carbocycles. The third kappa shape index (κ3) is 4.09. The van der Waals surface area contributed by atoms with Crippen LogP contribution in [-0.4, -0.2) is 39.9 Å². The fourth-order valence-electron chi connectivity index (χ4n) is 2.44. The molecule has 3 rings (SSSR count). The number of nitrogens with zero attached hydrogens (tertiary/aromatic N) is 4. The van der Waals surface area contributed by atoms with Crippen LogP contribution in [0.4, 0.5) is 0 Å². The summed E-state index contributed by atoms with van der Waals surface area (Å²) in [7, 11) is 0. The van der Waals surface area contributed by atoms with Crippen LogP contribution in [-0.2, 0) is 6.54 Å². The van der Waals surface area contributed by atoms with Gasteiger partial charge < -0.3 is 10.2 Å². The molecule has 21 heavy (non-hydrogen) atoms. The zero-order valence-electron chi connectivity index (χ0n) is 12.3. The lowest BCUT2D eigenvalue weighted by Crippen LogP contribution is -2.40. The molecular formula is C14H22IN5S. The first kappa shape index (κ1) is 16.5. The second-order valence-electron chi connectivity index (χ2n) is 5.09. The normalized spacial score (nSPS) is 15.5. The highest BCUT2D eigenvalue weighted by molar-refractivity contribution is 14.0. The minimum absolute atomic E-state index is 0. The van der Waals surface area contributed by atoms with Crippen molar-refractivity contribution in [1.29, 1.82) is 0 Å². The third-order valence-electron chi connectivity index (χ3n) is 3.47. The van der Waals surface area contributed by atoms with E-state index in [-0.39, 0.29) is 24.0 Å². The Morgan fingerprint density at radius 2 is 2.24 bits per heavy atom. The lowest BCUT2D eigenvalue weighted by atomic mass is 10.4. The minimum Gasteiger partial charge on any atom is -0.356 e. The SMILES string of the molecule is CCCNC(=NCc1cn2ccsc2n1)N1CCCC1.I. The molecule has 1 aliphatic rings. The monoisotopic (exact) mass is 419 g/mol. The van der Waals surface area contributed by atoms with E-state index in [0.717, 1.165) is 42.7 Å². The maximum absolute atomic E-state index is 4.75. The Bertz CT molecular complexity index is 556. The summed E-state index contributed by atoms with van der Waals surface area (Å²) < 4.78 is 2.06. The van der Waals surface area contributed by atoms with Gasteiger partial charge in [-0.05, 0) is 19.3 Å². The molecule has 2 aromatic rings. The average Bonchev–Trinajstić information content (AvgIpc) is 3.15. The van der Waals surface area contributed by atoms with Crippen LogP contribution in [0.1, 0.15) is 31.9 Å². The molecule has 0 spiro atoms. The van der Waals surface area contributed by atoms with Crippen LogP contribution in [0.15, 0.2) is 22.8 Å². The van der Waals surface area contributed by atoms with E-state index in [9.17, 15) is 0 Å². The Morgan fingerprint density at radius 3 is 2.95 bits per heavy atom. The van der Waals surface area contributed by atoms with Gasteiger partial charge in [-0.3, -0.25) is 4.40 Å². The molecule has 1 aliphatic heterocycles. The quantitative estimate of drug-likeness (QED) is 0.471. The summed E-state index contributed by atoms with van der Waals surface area (Å²) in [5.74, 6) is 1.04. The average molecular weight is 419 g/mol. The number of aromatic nitrogens is 2. The van der Waals surface area contributed by atoms with Crippen LogP contribution < -0.4 is 5.32 Å². The fourth-order valence-corrected chi connectivity index (χ4v) is 3.16. The second kappa shape index (κ2) is 7.98. The smallest absolute Gasteiger partial charge is 0.194 e. The first-order chi connectivity index (χ1) is 9.86. The van der Waals surface area contributed by atoms with E-state index >= 15 is 0 Å². The first-order valence-corrected chi connectivity index (χ1v) is 8.19. The maximum atomic E-state index is 4.75. The van der Waals surface area contributed by atoms with Gasteiger partial charge >= 0.3 is 0 Å². The number of likely N-dealkylation sites (tertiary alicyclic amines) is 1. The molecule has 116 valence electrons. The van der Waals surface area contributed by atoms with Crippen molar-refractivity contribution in [1.82, 2.24) is 19.6 Å². The number of hydrogen-bond acceptors (Lipinski definition) is 3. The Hall–Kier alpha value is -0.830. The number of guanidine groups is 1. The van der Waals surface area contributed by atoms with Crippen LogP contribution in [0.5, 0.6) is 0 Å². The number of aliphatic imine (C=N–C) groups is 1. The molecule has 7 heteroatoms. The third-order valence-corrected chi connectivity index (χ3v) is 4.24. The van der Waals surface area contributed by atoms with Crippen molar-refractivity contribution in [2.75, 3.05) is 19.6 Å². The van der Waals surface area contributed by atoms with Crippen LogP contribution in [0.25, 0.3) is 4.96 Å². The number of imidazole rings is 1. The first-order valence-electron chi connectivity index (χ1n) is 7.31. The number of hydrogen-bond donors (Lipinski definition) is 1. The van der Waals surface area contributed by atoms with Crippen LogP contribution in [0, 0.1) is 0 Å². The van der Waals surface area contributed by atoms with Crippen molar-refractivity contribution < 1.29 is 0 Å². The Labute approximate surface area is 146 Å². The molecule has 3 heterocycles. The van der Waals surface area contributed by atoms with E-state index in [1.54, 1.807) is 11.3 Å². The lowest BCUT2D eigenvalue weighted by molar-refractivity contribution is 0.491. The molecule has 0 radical (unpaired) electrons. The van der Waals surface area contributed by atoms with Gasteiger partial charge in [0.15, 0.2) is 10.9 Å². The Kier molecular flexibility index (Phi) is 6.28. The highest BCUT2D eigenvalue weighted by Gasteiger charge is 2.15. The van der Waals surface area contributed by atoms with Gasteiger partial charge in [0.25, 0.3) is 0 Å². The summed E-state index contributed by atoms with van der Waals surface area (Å²) >= 11 is 1.66. The Morgan fingerprint density at radius 1 is 1.43 bits per heavy atom. The van der Waals surface area contributed by atoms with Gasteiger partial charge in [-0.15, -0.1) is 35.3 Å². The number of rotatable bonds is 4. The summed E-state index contributed by atoms with van der Waals surface area (Å²) in [5.41, 5.74) is 1.03. The highest BCUT2D eigenvalue weighted by Crippen LogP contribution is 2.13. The lowest BCUT2D eigenvalue weighted by Gasteiger charge is -2.21. The predicted molar refractivity (Wildman–Crippen MR) is 98.7 cm³/mol. The number of halogens is 1. The largest absolute Gasteiger partial charge is 0.356 e. The predicted octanol–water partition coefficient (Wildman–Crippen LogP) is 2.97. The van der Waals surface area contributed by atoms with Crippen molar-refractivity contribution in [2.45, 2.75) is 32.7 Å². The second-order valence-corrected chi connectivity index (χ2v) is 5.96.